The third-order valence-corrected chi connectivity index (χ3v) is 10.00. The zero-order chi connectivity index (χ0) is 22.6. The maximum absolute atomic E-state index is 12.3. The van der Waals surface area contributed by atoms with Crippen LogP contribution in [0.15, 0.2) is 16.6 Å². The minimum absolute atomic E-state index is 0.0470. The molecule has 0 spiro atoms. The van der Waals surface area contributed by atoms with Crippen LogP contribution in [0.3, 0.4) is 0 Å². The lowest BCUT2D eigenvalue weighted by molar-refractivity contribution is -0.127. The lowest BCUT2D eigenvalue weighted by Crippen LogP contribution is -2.51. The molecule has 0 bridgehead atoms. The van der Waals surface area contributed by atoms with E-state index in [1.54, 1.807) is 5.57 Å². The molecule has 7 atom stereocenters. The van der Waals surface area contributed by atoms with E-state index < -0.39 is 6.04 Å². The highest BCUT2D eigenvalue weighted by molar-refractivity contribution is 5.98. The molecule has 0 saturated heterocycles. The lowest BCUT2D eigenvalue weighted by atomic mass is 9.46. The fourth-order valence-corrected chi connectivity index (χ4v) is 8.02. The van der Waals surface area contributed by atoms with Crippen molar-refractivity contribution in [2.45, 2.75) is 92.0 Å². The van der Waals surface area contributed by atoms with Crippen LogP contribution in [0, 0.1) is 40.4 Å². The van der Waals surface area contributed by atoms with E-state index in [0.717, 1.165) is 43.2 Å². The van der Waals surface area contributed by atoms with Crippen LogP contribution in [0.25, 0.3) is 0 Å². The molecule has 0 amide bonds. The molecule has 31 heavy (non-hydrogen) atoms. The van der Waals surface area contributed by atoms with Crippen LogP contribution in [0.1, 0.15) is 86.0 Å². The Labute approximate surface area is 188 Å². The third kappa shape index (κ3) is 3.77. The smallest absolute Gasteiger partial charge is 0.171 e. The Hall–Kier alpha value is -1.29. The number of hydrogen-bond donors (Lipinski definition) is 1. The summed E-state index contributed by atoms with van der Waals surface area (Å²) in [6.07, 6.45) is 11.6. The summed E-state index contributed by atoms with van der Waals surface area (Å²) >= 11 is 0. The molecule has 3 unspecified atom stereocenters. The van der Waals surface area contributed by atoms with Gasteiger partial charge in [0.1, 0.15) is 5.78 Å². The summed E-state index contributed by atoms with van der Waals surface area (Å²) in [5, 5.41) is 0. The van der Waals surface area contributed by atoms with Crippen LogP contribution in [-0.4, -0.2) is 29.9 Å². The Bertz CT molecular complexity index is 812. The Morgan fingerprint density at radius 1 is 1.10 bits per heavy atom. The number of ketones is 2. The normalized spacial score (nSPS) is 41.9. The molecule has 0 aromatic heterocycles. The lowest BCUT2D eigenvalue weighted by Gasteiger charge is -2.58. The van der Waals surface area contributed by atoms with Gasteiger partial charge in [0.15, 0.2) is 5.78 Å². The number of carbonyl (C=O) groups excluding carboxylic acids is 2. The Morgan fingerprint density at radius 2 is 1.84 bits per heavy atom. The molecule has 4 rings (SSSR count). The van der Waals surface area contributed by atoms with Crippen LogP contribution in [0.2, 0.25) is 0 Å². The first kappa shape index (κ1) is 22.9. The average Bonchev–Trinajstić information content (AvgIpc) is 3.08. The summed E-state index contributed by atoms with van der Waals surface area (Å²) < 4.78 is 0. The van der Waals surface area contributed by atoms with Gasteiger partial charge in [-0.15, -0.1) is 0 Å². The average molecular weight is 427 g/mol. The van der Waals surface area contributed by atoms with Gasteiger partial charge >= 0.3 is 0 Å². The largest absolute Gasteiger partial charge is 0.321 e. The van der Waals surface area contributed by atoms with E-state index in [4.69, 9.17) is 5.73 Å². The Kier molecular flexibility index (Phi) is 6.09. The highest BCUT2D eigenvalue weighted by atomic mass is 16.1. The Balaban J connectivity index is 1.51. The zero-order valence-electron chi connectivity index (χ0n) is 20.2. The van der Waals surface area contributed by atoms with Gasteiger partial charge < -0.3 is 5.73 Å². The third-order valence-electron chi connectivity index (χ3n) is 10.00. The maximum atomic E-state index is 12.3. The molecule has 4 aliphatic carbocycles. The van der Waals surface area contributed by atoms with Crippen molar-refractivity contribution in [1.29, 1.82) is 0 Å². The molecule has 2 N–H and O–H groups in total. The first-order chi connectivity index (χ1) is 14.6. The van der Waals surface area contributed by atoms with Gasteiger partial charge in [0.25, 0.3) is 0 Å². The van der Waals surface area contributed by atoms with Gasteiger partial charge in [-0.25, -0.2) is 0 Å². The van der Waals surface area contributed by atoms with E-state index in [9.17, 15) is 9.59 Å². The summed E-state index contributed by atoms with van der Waals surface area (Å²) in [4.78, 5) is 29.3. The van der Waals surface area contributed by atoms with E-state index >= 15 is 0 Å². The summed E-state index contributed by atoms with van der Waals surface area (Å²) in [7, 11) is 0. The van der Waals surface area contributed by atoms with Gasteiger partial charge in [-0.05, 0) is 98.9 Å². The van der Waals surface area contributed by atoms with Gasteiger partial charge in [0.2, 0.25) is 0 Å². The molecular formula is C27H42N2O2. The monoisotopic (exact) mass is 426 g/mol. The topological polar surface area (TPSA) is 72.5 Å². The summed E-state index contributed by atoms with van der Waals surface area (Å²) in [6.45, 7) is 10.9. The summed E-state index contributed by atoms with van der Waals surface area (Å²) in [5.74, 6) is 3.10. The SMILES string of the molecule is CC(=O)[C@H]1CCC2C3CCC4=CC(=NCC(=O)[C@@H](N)C(C)C)CC[C@]4(C)C3CC[C@@]21C. The first-order valence-corrected chi connectivity index (χ1v) is 12.6. The van der Waals surface area contributed by atoms with Crippen molar-refractivity contribution in [2.24, 2.45) is 51.1 Å². The standard InChI is InChI=1S/C27H42N2O2/c1-16(2)25(28)24(31)15-29-19-10-12-26(4)18(14-19)6-7-20-22-9-8-21(17(3)30)27(22,5)13-11-23(20)26/h14,16,20-23,25H,6-13,15,28H2,1-5H3/t20?,21-,22?,23?,25+,26+,27-/m1/s1. The maximum Gasteiger partial charge on any atom is 0.171 e. The molecule has 4 heteroatoms. The number of carbonyl (C=O) groups is 2. The van der Waals surface area contributed by atoms with Crippen LogP contribution >= 0.6 is 0 Å². The molecule has 0 aliphatic heterocycles. The fraction of sp³-hybridized carbons (Fsp3) is 0.815. The van der Waals surface area contributed by atoms with Crippen molar-refractivity contribution in [2.75, 3.05) is 6.54 Å². The molecular weight excluding hydrogens is 384 g/mol. The second-order valence-corrected chi connectivity index (χ2v) is 11.8. The fourth-order valence-electron chi connectivity index (χ4n) is 8.02. The number of fused-ring (bicyclic) bond motifs is 5. The number of nitrogens with two attached hydrogens (primary N) is 1. The van der Waals surface area contributed by atoms with Crippen LogP contribution in [0.5, 0.6) is 0 Å². The predicted molar refractivity (Wildman–Crippen MR) is 126 cm³/mol. The second kappa shape index (κ2) is 8.24. The van der Waals surface area contributed by atoms with Gasteiger partial charge in [-0.1, -0.05) is 33.3 Å². The molecule has 0 heterocycles. The molecule has 172 valence electrons. The molecule has 4 aliphatic rings. The van der Waals surface area contributed by atoms with Crippen molar-refractivity contribution in [3.05, 3.63) is 11.6 Å². The number of aliphatic imine (C=N–C) groups is 1. The van der Waals surface area contributed by atoms with Crippen LogP contribution < -0.4 is 5.73 Å². The quantitative estimate of drug-likeness (QED) is 0.661. The van der Waals surface area contributed by atoms with Gasteiger partial charge in [0, 0.05) is 11.6 Å². The number of nitrogens with zero attached hydrogens (tertiary/aromatic N) is 1. The predicted octanol–water partition coefficient (Wildman–Crippen LogP) is 5.15. The van der Waals surface area contributed by atoms with Gasteiger partial charge in [-0.3, -0.25) is 14.6 Å². The van der Waals surface area contributed by atoms with Crippen LogP contribution in [0.4, 0.5) is 0 Å². The number of rotatable bonds is 5. The minimum atomic E-state index is -0.414. The Morgan fingerprint density at radius 3 is 2.52 bits per heavy atom. The molecule has 3 fully saturated rings. The highest BCUT2D eigenvalue weighted by Crippen LogP contribution is 2.66. The number of allylic oxidation sites excluding steroid dienone is 2. The molecule has 4 nitrogen and oxygen atoms in total. The van der Waals surface area contributed by atoms with Crippen molar-refractivity contribution < 1.29 is 9.59 Å². The van der Waals surface area contributed by atoms with E-state index in [0.29, 0.717) is 11.7 Å². The zero-order valence-corrected chi connectivity index (χ0v) is 20.2. The second-order valence-electron chi connectivity index (χ2n) is 11.8. The number of Topliss-reactive ketones (excluding diaryl/α,β-unsaturated/α-hetero) is 2. The summed E-state index contributed by atoms with van der Waals surface area (Å²) in [6, 6.07) is -0.414. The van der Waals surface area contributed by atoms with E-state index in [1.165, 1.54) is 25.7 Å². The van der Waals surface area contributed by atoms with E-state index in [-0.39, 0.29) is 35.0 Å². The van der Waals surface area contributed by atoms with E-state index in [1.807, 2.05) is 20.8 Å². The van der Waals surface area contributed by atoms with Gasteiger partial charge in [-0.2, -0.15) is 0 Å². The minimum Gasteiger partial charge on any atom is -0.321 e. The van der Waals surface area contributed by atoms with Crippen molar-refractivity contribution in [3.8, 4) is 0 Å². The van der Waals surface area contributed by atoms with Crippen molar-refractivity contribution in [1.82, 2.24) is 0 Å². The molecule has 0 radical (unpaired) electrons. The van der Waals surface area contributed by atoms with Gasteiger partial charge in [0.05, 0.1) is 12.6 Å². The first-order valence-electron chi connectivity index (χ1n) is 12.6. The number of hydrogen-bond acceptors (Lipinski definition) is 4. The molecule has 0 aromatic carbocycles. The van der Waals surface area contributed by atoms with Crippen LogP contribution in [-0.2, 0) is 9.59 Å². The molecule has 3 saturated carbocycles. The van der Waals surface area contributed by atoms with Crippen molar-refractivity contribution in [3.63, 3.8) is 0 Å². The highest BCUT2D eigenvalue weighted by Gasteiger charge is 2.59. The molecule has 0 aromatic rings. The van der Waals surface area contributed by atoms with E-state index in [2.05, 4.69) is 24.9 Å². The van der Waals surface area contributed by atoms with Crippen molar-refractivity contribution >= 4 is 17.3 Å². The summed E-state index contributed by atoms with van der Waals surface area (Å²) in [5.41, 5.74) is 9.14.